The molecule has 92 valence electrons. The van der Waals surface area contributed by atoms with Crippen LogP contribution in [0.5, 0.6) is 0 Å². The molecule has 1 atom stereocenters. The molecule has 1 aliphatic rings. The lowest BCUT2D eigenvalue weighted by atomic mass is 10.2. The Morgan fingerprint density at radius 1 is 1.25 bits per heavy atom. The average molecular weight is 228 g/mol. The van der Waals surface area contributed by atoms with Crippen LogP contribution in [-0.4, -0.2) is 60.5 Å². The number of carbonyl (C=O) groups is 2. The number of piperazine rings is 1. The Kier molecular flexibility index (Phi) is 4.73. The standard InChI is InChI=1S/C11H20N2O3/c1-4-12-5-7-13(8-6-12)11(15)9(2)16-10(3)14/h9H,4-8H2,1-3H3/t9-/m1/s1. The molecular weight excluding hydrogens is 208 g/mol. The van der Waals surface area contributed by atoms with E-state index in [1.165, 1.54) is 6.92 Å². The molecule has 0 aliphatic carbocycles. The summed E-state index contributed by atoms with van der Waals surface area (Å²) in [6.45, 7) is 9.30. The Morgan fingerprint density at radius 2 is 1.81 bits per heavy atom. The van der Waals surface area contributed by atoms with Crippen LogP contribution in [0.2, 0.25) is 0 Å². The molecule has 5 heteroatoms. The Bertz CT molecular complexity index is 260. The molecule has 1 heterocycles. The van der Waals surface area contributed by atoms with Crippen LogP contribution in [0.1, 0.15) is 20.8 Å². The molecule has 0 unspecified atom stereocenters. The molecule has 0 N–H and O–H groups in total. The van der Waals surface area contributed by atoms with Crippen molar-refractivity contribution in [2.75, 3.05) is 32.7 Å². The second-order valence-corrected chi connectivity index (χ2v) is 4.01. The van der Waals surface area contributed by atoms with Gasteiger partial charge in [0, 0.05) is 33.1 Å². The number of carbonyl (C=O) groups excluding carboxylic acids is 2. The van der Waals surface area contributed by atoms with Crippen molar-refractivity contribution in [2.45, 2.75) is 26.9 Å². The molecule has 1 aliphatic heterocycles. The van der Waals surface area contributed by atoms with Crippen molar-refractivity contribution in [1.29, 1.82) is 0 Å². The number of likely N-dealkylation sites (N-methyl/N-ethyl adjacent to an activating group) is 1. The molecule has 0 aromatic heterocycles. The van der Waals surface area contributed by atoms with Gasteiger partial charge in [0.15, 0.2) is 6.10 Å². The first-order valence-corrected chi connectivity index (χ1v) is 5.73. The van der Waals surface area contributed by atoms with Crippen molar-refractivity contribution >= 4 is 11.9 Å². The van der Waals surface area contributed by atoms with Crippen molar-refractivity contribution in [3.05, 3.63) is 0 Å². The number of rotatable bonds is 3. The van der Waals surface area contributed by atoms with Crippen molar-refractivity contribution in [1.82, 2.24) is 9.80 Å². The van der Waals surface area contributed by atoms with Gasteiger partial charge in [0.25, 0.3) is 5.91 Å². The number of hydrogen-bond donors (Lipinski definition) is 0. The fraction of sp³-hybridized carbons (Fsp3) is 0.818. The summed E-state index contributed by atoms with van der Waals surface area (Å²) in [5, 5.41) is 0. The first-order chi connectivity index (χ1) is 7.54. The number of amides is 1. The van der Waals surface area contributed by atoms with Crippen LogP contribution < -0.4 is 0 Å². The molecule has 0 aromatic carbocycles. The molecule has 1 amide bonds. The van der Waals surface area contributed by atoms with Gasteiger partial charge in [-0.2, -0.15) is 0 Å². The fourth-order valence-electron chi connectivity index (χ4n) is 1.84. The van der Waals surface area contributed by atoms with Gasteiger partial charge in [0.1, 0.15) is 0 Å². The third-order valence-corrected chi connectivity index (χ3v) is 2.82. The third-order valence-electron chi connectivity index (χ3n) is 2.82. The zero-order valence-electron chi connectivity index (χ0n) is 10.2. The maximum Gasteiger partial charge on any atom is 0.303 e. The summed E-state index contributed by atoms with van der Waals surface area (Å²) in [5.74, 6) is -0.501. The van der Waals surface area contributed by atoms with Gasteiger partial charge in [-0.3, -0.25) is 9.59 Å². The largest absolute Gasteiger partial charge is 0.453 e. The van der Waals surface area contributed by atoms with Crippen LogP contribution in [0.15, 0.2) is 0 Å². The van der Waals surface area contributed by atoms with Gasteiger partial charge in [0.2, 0.25) is 0 Å². The average Bonchev–Trinajstić information content (AvgIpc) is 2.27. The molecular formula is C11H20N2O3. The van der Waals surface area contributed by atoms with Crippen molar-refractivity contribution < 1.29 is 14.3 Å². The molecule has 16 heavy (non-hydrogen) atoms. The molecule has 5 nitrogen and oxygen atoms in total. The quantitative estimate of drug-likeness (QED) is 0.643. The van der Waals surface area contributed by atoms with E-state index >= 15 is 0 Å². The topological polar surface area (TPSA) is 49.9 Å². The molecule has 0 bridgehead atoms. The highest BCUT2D eigenvalue weighted by atomic mass is 16.5. The third kappa shape index (κ3) is 3.48. The second-order valence-electron chi connectivity index (χ2n) is 4.01. The molecule has 1 rings (SSSR count). The Morgan fingerprint density at radius 3 is 2.25 bits per heavy atom. The maximum absolute atomic E-state index is 11.9. The van der Waals surface area contributed by atoms with Gasteiger partial charge in [-0.1, -0.05) is 6.92 Å². The summed E-state index contributed by atoms with van der Waals surface area (Å²) >= 11 is 0. The van der Waals surface area contributed by atoms with Crippen LogP contribution in [0, 0.1) is 0 Å². The second kappa shape index (κ2) is 5.84. The predicted molar refractivity (Wildman–Crippen MR) is 59.9 cm³/mol. The van der Waals surface area contributed by atoms with Crippen LogP contribution in [-0.2, 0) is 14.3 Å². The van der Waals surface area contributed by atoms with E-state index in [1.54, 1.807) is 11.8 Å². The minimum Gasteiger partial charge on any atom is -0.453 e. The van der Waals surface area contributed by atoms with Crippen LogP contribution in [0.25, 0.3) is 0 Å². The highest BCUT2D eigenvalue weighted by Crippen LogP contribution is 2.05. The summed E-state index contributed by atoms with van der Waals surface area (Å²) in [6, 6.07) is 0. The number of ether oxygens (including phenoxy) is 1. The minimum absolute atomic E-state index is 0.0917. The summed E-state index contributed by atoms with van der Waals surface area (Å²) in [4.78, 5) is 26.7. The lowest BCUT2D eigenvalue weighted by Gasteiger charge is -2.35. The van der Waals surface area contributed by atoms with E-state index in [-0.39, 0.29) is 5.91 Å². The number of hydrogen-bond acceptors (Lipinski definition) is 4. The van der Waals surface area contributed by atoms with E-state index in [1.807, 2.05) is 0 Å². The van der Waals surface area contributed by atoms with Gasteiger partial charge in [-0.25, -0.2) is 0 Å². The molecule has 0 saturated carbocycles. The Labute approximate surface area is 96.3 Å². The van der Waals surface area contributed by atoms with Crippen LogP contribution in [0.3, 0.4) is 0 Å². The smallest absolute Gasteiger partial charge is 0.303 e. The number of nitrogens with zero attached hydrogens (tertiary/aromatic N) is 2. The van der Waals surface area contributed by atoms with E-state index in [2.05, 4.69) is 11.8 Å². The predicted octanol–water partition coefficient (Wildman–Crippen LogP) is 0.102. The molecule has 1 saturated heterocycles. The monoisotopic (exact) mass is 228 g/mol. The maximum atomic E-state index is 11.9. The van der Waals surface area contributed by atoms with Gasteiger partial charge in [0.05, 0.1) is 0 Å². The SMILES string of the molecule is CCN1CCN(C(=O)[C@@H](C)OC(C)=O)CC1. The summed E-state index contributed by atoms with van der Waals surface area (Å²) in [5.41, 5.74) is 0. The Hall–Kier alpha value is -1.10. The lowest BCUT2D eigenvalue weighted by molar-refractivity contribution is -0.158. The van der Waals surface area contributed by atoms with E-state index in [4.69, 9.17) is 4.74 Å². The summed E-state index contributed by atoms with van der Waals surface area (Å²) < 4.78 is 4.87. The zero-order chi connectivity index (χ0) is 12.1. The highest BCUT2D eigenvalue weighted by molar-refractivity contribution is 5.83. The van der Waals surface area contributed by atoms with Crippen LogP contribution in [0.4, 0.5) is 0 Å². The van der Waals surface area contributed by atoms with Gasteiger partial charge in [-0.05, 0) is 13.5 Å². The summed E-state index contributed by atoms with van der Waals surface area (Å²) in [7, 11) is 0. The normalized spacial score (nSPS) is 19.3. The van der Waals surface area contributed by atoms with Crippen molar-refractivity contribution in [3.8, 4) is 0 Å². The lowest BCUT2D eigenvalue weighted by Crippen LogP contribution is -2.51. The van der Waals surface area contributed by atoms with Gasteiger partial charge >= 0.3 is 5.97 Å². The van der Waals surface area contributed by atoms with Crippen molar-refractivity contribution in [2.24, 2.45) is 0 Å². The van der Waals surface area contributed by atoms with Crippen LogP contribution >= 0.6 is 0 Å². The van der Waals surface area contributed by atoms with E-state index in [0.29, 0.717) is 0 Å². The Balaban J connectivity index is 2.40. The van der Waals surface area contributed by atoms with E-state index in [0.717, 1.165) is 32.7 Å². The zero-order valence-corrected chi connectivity index (χ0v) is 10.2. The van der Waals surface area contributed by atoms with Gasteiger partial charge < -0.3 is 14.5 Å². The highest BCUT2D eigenvalue weighted by Gasteiger charge is 2.25. The van der Waals surface area contributed by atoms with E-state index in [9.17, 15) is 9.59 Å². The minimum atomic E-state index is -0.661. The first-order valence-electron chi connectivity index (χ1n) is 5.73. The molecule has 0 aromatic rings. The molecule has 0 spiro atoms. The fourth-order valence-corrected chi connectivity index (χ4v) is 1.84. The number of esters is 1. The molecule has 1 fully saturated rings. The summed E-state index contributed by atoms with van der Waals surface area (Å²) in [6.07, 6.45) is -0.661. The van der Waals surface area contributed by atoms with Crippen molar-refractivity contribution in [3.63, 3.8) is 0 Å². The van der Waals surface area contributed by atoms with Gasteiger partial charge in [-0.15, -0.1) is 0 Å². The van der Waals surface area contributed by atoms with E-state index < -0.39 is 12.1 Å². The first kappa shape index (κ1) is 13.0. The molecule has 0 radical (unpaired) electrons.